The standard InChI is InChI=1S/C8H19N3O2S/c1-2-10-14(12,13)11-6-4-3-5-8(11)7-9/h8,10H,2-7,9H2,1H3. The van der Waals surface area contributed by atoms with Crippen LogP contribution in [0.3, 0.4) is 0 Å². The molecule has 0 spiro atoms. The highest BCUT2D eigenvalue weighted by atomic mass is 32.2. The third-order valence-electron chi connectivity index (χ3n) is 2.48. The van der Waals surface area contributed by atoms with E-state index in [9.17, 15) is 8.42 Å². The van der Waals surface area contributed by atoms with E-state index in [0.717, 1.165) is 19.3 Å². The zero-order valence-corrected chi connectivity index (χ0v) is 9.39. The van der Waals surface area contributed by atoms with Gasteiger partial charge < -0.3 is 5.73 Å². The molecule has 1 saturated heterocycles. The first kappa shape index (κ1) is 11.9. The van der Waals surface area contributed by atoms with Crippen LogP contribution in [-0.2, 0) is 10.2 Å². The van der Waals surface area contributed by atoms with Crippen LogP contribution in [0.1, 0.15) is 26.2 Å². The van der Waals surface area contributed by atoms with E-state index in [4.69, 9.17) is 5.73 Å². The van der Waals surface area contributed by atoms with Gasteiger partial charge in [-0.05, 0) is 12.8 Å². The van der Waals surface area contributed by atoms with Gasteiger partial charge in [-0.25, -0.2) is 4.72 Å². The van der Waals surface area contributed by atoms with E-state index in [1.807, 2.05) is 0 Å². The Morgan fingerprint density at radius 1 is 1.50 bits per heavy atom. The molecule has 1 rings (SSSR count). The van der Waals surface area contributed by atoms with Crippen LogP contribution in [0.4, 0.5) is 0 Å². The number of hydrogen-bond donors (Lipinski definition) is 2. The largest absolute Gasteiger partial charge is 0.329 e. The lowest BCUT2D eigenvalue weighted by Gasteiger charge is -2.33. The molecule has 0 amide bonds. The second kappa shape index (κ2) is 5.06. The Morgan fingerprint density at radius 2 is 2.21 bits per heavy atom. The predicted molar refractivity (Wildman–Crippen MR) is 56.0 cm³/mol. The van der Waals surface area contributed by atoms with Gasteiger partial charge in [0.25, 0.3) is 10.2 Å². The lowest BCUT2D eigenvalue weighted by Crippen LogP contribution is -2.51. The summed E-state index contributed by atoms with van der Waals surface area (Å²) in [4.78, 5) is 0. The zero-order valence-electron chi connectivity index (χ0n) is 8.57. The highest BCUT2D eigenvalue weighted by Crippen LogP contribution is 2.18. The fourth-order valence-corrected chi connectivity index (χ4v) is 3.28. The average Bonchev–Trinajstić information content (AvgIpc) is 2.18. The summed E-state index contributed by atoms with van der Waals surface area (Å²) in [7, 11) is -3.29. The molecule has 1 fully saturated rings. The molecule has 0 aromatic rings. The molecule has 1 heterocycles. The molecule has 1 unspecified atom stereocenters. The van der Waals surface area contributed by atoms with Crippen molar-refractivity contribution in [3.05, 3.63) is 0 Å². The molecule has 6 heteroatoms. The van der Waals surface area contributed by atoms with Gasteiger partial charge in [0.15, 0.2) is 0 Å². The van der Waals surface area contributed by atoms with Crippen molar-refractivity contribution >= 4 is 10.2 Å². The van der Waals surface area contributed by atoms with Crippen LogP contribution >= 0.6 is 0 Å². The van der Waals surface area contributed by atoms with E-state index in [0.29, 0.717) is 19.6 Å². The maximum atomic E-state index is 11.7. The molecule has 1 aliphatic heterocycles. The number of hydrogen-bond acceptors (Lipinski definition) is 3. The quantitative estimate of drug-likeness (QED) is 0.681. The average molecular weight is 221 g/mol. The summed E-state index contributed by atoms with van der Waals surface area (Å²) in [5.41, 5.74) is 5.55. The van der Waals surface area contributed by atoms with Gasteiger partial charge in [-0.1, -0.05) is 13.3 Å². The first-order valence-electron chi connectivity index (χ1n) is 5.08. The first-order valence-corrected chi connectivity index (χ1v) is 6.52. The van der Waals surface area contributed by atoms with Gasteiger partial charge in [0.05, 0.1) is 0 Å². The van der Waals surface area contributed by atoms with Gasteiger partial charge in [-0.2, -0.15) is 12.7 Å². The molecule has 84 valence electrons. The number of nitrogens with one attached hydrogen (secondary N) is 1. The van der Waals surface area contributed by atoms with Crippen LogP contribution in [0.5, 0.6) is 0 Å². The van der Waals surface area contributed by atoms with E-state index >= 15 is 0 Å². The second-order valence-corrected chi connectivity index (χ2v) is 5.21. The Bertz CT molecular complexity index is 266. The van der Waals surface area contributed by atoms with E-state index in [1.54, 1.807) is 6.92 Å². The lowest BCUT2D eigenvalue weighted by atomic mass is 10.1. The second-order valence-electron chi connectivity index (χ2n) is 3.50. The van der Waals surface area contributed by atoms with Crippen LogP contribution in [0.2, 0.25) is 0 Å². The summed E-state index contributed by atoms with van der Waals surface area (Å²) in [5.74, 6) is 0. The molecular weight excluding hydrogens is 202 g/mol. The number of nitrogens with two attached hydrogens (primary N) is 1. The fraction of sp³-hybridized carbons (Fsp3) is 1.00. The normalized spacial score (nSPS) is 25.1. The fourth-order valence-electron chi connectivity index (χ4n) is 1.79. The van der Waals surface area contributed by atoms with Crippen LogP contribution in [0.15, 0.2) is 0 Å². The molecule has 5 nitrogen and oxygen atoms in total. The van der Waals surface area contributed by atoms with Crippen molar-refractivity contribution in [2.24, 2.45) is 5.73 Å². The van der Waals surface area contributed by atoms with Gasteiger partial charge in [0.1, 0.15) is 0 Å². The molecule has 0 radical (unpaired) electrons. The van der Waals surface area contributed by atoms with Crippen LogP contribution in [0, 0.1) is 0 Å². The van der Waals surface area contributed by atoms with Crippen molar-refractivity contribution in [2.75, 3.05) is 19.6 Å². The van der Waals surface area contributed by atoms with E-state index in [1.165, 1.54) is 4.31 Å². The highest BCUT2D eigenvalue weighted by Gasteiger charge is 2.30. The van der Waals surface area contributed by atoms with Gasteiger partial charge in [-0.3, -0.25) is 0 Å². The zero-order chi connectivity index (χ0) is 10.6. The summed E-state index contributed by atoms with van der Waals surface area (Å²) < 4.78 is 27.4. The Morgan fingerprint density at radius 3 is 2.79 bits per heavy atom. The third-order valence-corrected chi connectivity index (χ3v) is 4.23. The van der Waals surface area contributed by atoms with Gasteiger partial charge in [0, 0.05) is 25.7 Å². The Hall–Kier alpha value is -0.170. The Labute approximate surface area is 85.8 Å². The van der Waals surface area contributed by atoms with Crippen LogP contribution in [-0.4, -0.2) is 38.4 Å². The van der Waals surface area contributed by atoms with Gasteiger partial charge in [0.2, 0.25) is 0 Å². The van der Waals surface area contributed by atoms with Gasteiger partial charge >= 0.3 is 0 Å². The maximum Gasteiger partial charge on any atom is 0.279 e. The number of nitrogens with zero attached hydrogens (tertiary/aromatic N) is 1. The van der Waals surface area contributed by atoms with Crippen molar-refractivity contribution in [1.82, 2.24) is 9.03 Å². The molecule has 1 aliphatic rings. The summed E-state index contributed by atoms with van der Waals surface area (Å²) in [6.45, 7) is 3.21. The predicted octanol–water partition coefficient (Wildman–Crippen LogP) is -0.346. The minimum absolute atomic E-state index is 0.0206. The number of piperidine rings is 1. The Kier molecular flexibility index (Phi) is 4.31. The molecule has 0 aromatic carbocycles. The minimum Gasteiger partial charge on any atom is -0.329 e. The summed E-state index contributed by atoms with van der Waals surface area (Å²) >= 11 is 0. The maximum absolute atomic E-state index is 11.7. The van der Waals surface area contributed by atoms with Crippen molar-refractivity contribution in [2.45, 2.75) is 32.2 Å². The monoisotopic (exact) mass is 221 g/mol. The lowest BCUT2D eigenvalue weighted by molar-refractivity contribution is 0.255. The van der Waals surface area contributed by atoms with E-state index in [-0.39, 0.29) is 6.04 Å². The molecule has 1 atom stereocenters. The van der Waals surface area contributed by atoms with Crippen molar-refractivity contribution in [1.29, 1.82) is 0 Å². The molecule has 0 aliphatic carbocycles. The SMILES string of the molecule is CCNS(=O)(=O)N1CCCCC1CN. The third kappa shape index (κ3) is 2.66. The van der Waals surface area contributed by atoms with Gasteiger partial charge in [-0.15, -0.1) is 0 Å². The van der Waals surface area contributed by atoms with Crippen molar-refractivity contribution in [3.63, 3.8) is 0 Å². The summed E-state index contributed by atoms with van der Waals surface area (Å²) in [5, 5.41) is 0. The van der Waals surface area contributed by atoms with E-state index < -0.39 is 10.2 Å². The Balaban J connectivity index is 2.72. The first-order chi connectivity index (χ1) is 6.61. The van der Waals surface area contributed by atoms with Crippen LogP contribution in [0.25, 0.3) is 0 Å². The molecule has 0 aromatic heterocycles. The summed E-state index contributed by atoms with van der Waals surface area (Å²) in [6, 6.07) is -0.0206. The smallest absolute Gasteiger partial charge is 0.279 e. The molecule has 3 N–H and O–H groups in total. The molecule has 14 heavy (non-hydrogen) atoms. The van der Waals surface area contributed by atoms with E-state index in [2.05, 4.69) is 4.72 Å². The van der Waals surface area contributed by atoms with Crippen LogP contribution < -0.4 is 10.5 Å². The highest BCUT2D eigenvalue weighted by molar-refractivity contribution is 7.87. The molecule has 0 bridgehead atoms. The van der Waals surface area contributed by atoms with Crippen molar-refractivity contribution in [3.8, 4) is 0 Å². The molecule has 0 saturated carbocycles. The topological polar surface area (TPSA) is 75.4 Å². The minimum atomic E-state index is -3.29. The number of rotatable bonds is 4. The molecular formula is C8H19N3O2S. The van der Waals surface area contributed by atoms with Crippen molar-refractivity contribution < 1.29 is 8.42 Å². The summed E-state index contributed by atoms with van der Waals surface area (Å²) in [6.07, 6.45) is 2.88.